The number of Topliss-reactive ketones (excluding diaryl/α,β-unsaturated/α-hetero) is 1. The summed E-state index contributed by atoms with van der Waals surface area (Å²) in [6.45, 7) is 0. The summed E-state index contributed by atoms with van der Waals surface area (Å²) < 4.78 is 0. The van der Waals surface area contributed by atoms with Crippen LogP contribution in [0.4, 0.5) is 0 Å². The first kappa shape index (κ1) is 11.9. The first-order valence-electron chi connectivity index (χ1n) is 5.64. The molecular formula is C13H14Cl2O. The van der Waals surface area contributed by atoms with Gasteiger partial charge in [0.1, 0.15) is 5.78 Å². The number of benzene rings is 1. The maximum atomic E-state index is 12.0. The lowest BCUT2D eigenvalue weighted by Crippen LogP contribution is -2.13. The fourth-order valence-electron chi connectivity index (χ4n) is 2.26. The van der Waals surface area contributed by atoms with Crippen molar-refractivity contribution in [3.8, 4) is 0 Å². The maximum absolute atomic E-state index is 12.0. The van der Waals surface area contributed by atoms with Gasteiger partial charge in [-0.05, 0) is 24.5 Å². The molecule has 0 aromatic heterocycles. The molecule has 0 atom stereocenters. The number of carbonyl (C=O) groups excluding carboxylic acids is 1. The summed E-state index contributed by atoms with van der Waals surface area (Å²) in [6, 6.07) is 5.46. The summed E-state index contributed by atoms with van der Waals surface area (Å²) in [4.78, 5) is 12.0. The van der Waals surface area contributed by atoms with E-state index in [1.54, 1.807) is 6.07 Å². The Hall–Kier alpha value is -0.530. The highest BCUT2D eigenvalue weighted by Gasteiger charge is 2.23. The van der Waals surface area contributed by atoms with Crippen LogP contribution in [0.3, 0.4) is 0 Å². The van der Waals surface area contributed by atoms with E-state index in [2.05, 4.69) is 0 Å². The van der Waals surface area contributed by atoms with Gasteiger partial charge in [0.25, 0.3) is 0 Å². The Bertz CT molecular complexity index is 395. The molecule has 86 valence electrons. The molecule has 1 saturated carbocycles. The first-order chi connectivity index (χ1) is 7.68. The van der Waals surface area contributed by atoms with Crippen LogP contribution in [0, 0.1) is 5.92 Å². The van der Waals surface area contributed by atoms with E-state index in [0.717, 1.165) is 18.4 Å². The van der Waals surface area contributed by atoms with E-state index in [4.69, 9.17) is 23.2 Å². The zero-order chi connectivity index (χ0) is 11.5. The minimum Gasteiger partial charge on any atom is -0.299 e. The van der Waals surface area contributed by atoms with E-state index in [9.17, 15) is 4.79 Å². The van der Waals surface area contributed by atoms with E-state index in [1.165, 1.54) is 12.8 Å². The van der Waals surface area contributed by atoms with Crippen LogP contribution in [0.15, 0.2) is 18.2 Å². The highest BCUT2D eigenvalue weighted by molar-refractivity contribution is 6.42. The molecule has 2 rings (SSSR count). The summed E-state index contributed by atoms with van der Waals surface area (Å²) >= 11 is 12.0. The standard InChI is InChI=1S/C13H14Cl2O/c14-11-7-3-6-10(13(11)15)8-12(16)9-4-1-2-5-9/h3,6-7,9H,1-2,4-5,8H2. The molecule has 1 fully saturated rings. The lowest BCUT2D eigenvalue weighted by atomic mass is 9.97. The molecule has 0 amide bonds. The van der Waals surface area contributed by atoms with Crippen molar-refractivity contribution in [1.82, 2.24) is 0 Å². The van der Waals surface area contributed by atoms with Crippen LogP contribution in [-0.4, -0.2) is 5.78 Å². The van der Waals surface area contributed by atoms with Crippen LogP contribution >= 0.6 is 23.2 Å². The summed E-state index contributed by atoms with van der Waals surface area (Å²) in [7, 11) is 0. The number of carbonyl (C=O) groups is 1. The van der Waals surface area contributed by atoms with Gasteiger partial charge in [-0.15, -0.1) is 0 Å². The van der Waals surface area contributed by atoms with Crippen molar-refractivity contribution in [1.29, 1.82) is 0 Å². The predicted molar refractivity (Wildman–Crippen MR) is 67.1 cm³/mol. The Labute approximate surface area is 106 Å². The van der Waals surface area contributed by atoms with Crippen LogP contribution in [0.25, 0.3) is 0 Å². The lowest BCUT2D eigenvalue weighted by Gasteiger charge is -2.09. The number of hydrogen-bond acceptors (Lipinski definition) is 1. The molecule has 0 saturated heterocycles. The number of halogens is 2. The van der Waals surface area contributed by atoms with E-state index < -0.39 is 0 Å². The number of rotatable bonds is 3. The molecule has 0 unspecified atom stereocenters. The number of ketones is 1. The average Bonchev–Trinajstić information content (AvgIpc) is 2.78. The van der Waals surface area contributed by atoms with Gasteiger partial charge in [0.2, 0.25) is 0 Å². The average molecular weight is 257 g/mol. The number of hydrogen-bond donors (Lipinski definition) is 0. The van der Waals surface area contributed by atoms with Gasteiger partial charge >= 0.3 is 0 Å². The molecule has 0 bridgehead atoms. The highest BCUT2D eigenvalue weighted by atomic mass is 35.5. The van der Waals surface area contributed by atoms with Crippen molar-refractivity contribution < 1.29 is 4.79 Å². The largest absolute Gasteiger partial charge is 0.299 e. The third-order valence-corrected chi connectivity index (χ3v) is 4.06. The van der Waals surface area contributed by atoms with E-state index in [0.29, 0.717) is 22.2 Å². The van der Waals surface area contributed by atoms with Gasteiger partial charge in [-0.3, -0.25) is 4.79 Å². The molecule has 0 heterocycles. The lowest BCUT2D eigenvalue weighted by molar-refractivity contribution is -0.122. The van der Waals surface area contributed by atoms with Gasteiger partial charge in [-0.1, -0.05) is 48.2 Å². The zero-order valence-corrected chi connectivity index (χ0v) is 10.5. The molecule has 1 aliphatic carbocycles. The molecule has 0 aliphatic heterocycles. The Morgan fingerprint density at radius 2 is 1.94 bits per heavy atom. The van der Waals surface area contributed by atoms with Gasteiger partial charge in [0.05, 0.1) is 10.0 Å². The SMILES string of the molecule is O=C(Cc1cccc(Cl)c1Cl)C1CCCC1. The van der Waals surface area contributed by atoms with Crippen molar-refractivity contribution in [2.24, 2.45) is 5.92 Å². The van der Waals surface area contributed by atoms with Crippen LogP contribution in [-0.2, 0) is 11.2 Å². The molecule has 0 N–H and O–H groups in total. The summed E-state index contributed by atoms with van der Waals surface area (Å²) in [6.07, 6.45) is 4.86. The normalized spacial score (nSPS) is 16.6. The fraction of sp³-hybridized carbons (Fsp3) is 0.462. The van der Waals surface area contributed by atoms with Crippen LogP contribution in [0.5, 0.6) is 0 Å². The molecule has 0 radical (unpaired) electrons. The topological polar surface area (TPSA) is 17.1 Å². The second-order valence-electron chi connectivity index (χ2n) is 4.34. The molecule has 0 spiro atoms. The molecule has 16 heavy (non-hydrogen) atoms. The van der Waals surface area contributed by atoms with Crippen molar-refractivity contribution in [3.63, 3.8) is 0 Å². The molecule has 3 heteroatoms. The van der Waals surface area contributed by atoms with Crippen molar-refractivity contribution in [2.45, 2.75) is 32.1 Å². The minimum absolute atomic E-state index is 0.245. The van der Waals surface area contributed by atoms with E-state index >= 15 is 0 Å². The predicted octanol–water partition coefficient (Wildman–Crippen LogP) is 4.30. The maximum Gasteiger partial charge on any atom is 0.140 e. The summed E-state index contributed by atoms with van der Waals surface area (Å²) in [5, 5.41) is 1.05. The Kier molecular flexibility index (Phi) is 3.88. The zero-order valence-electron chi connectivity index (χ0n) is 9.01. The first-order valence-corrected chi connectivity index (χ1v) is 6.39. The van der Waals surface area contributed by atoms with Crippen molar-refractivity contribution in [3.05, 3.63) is 33.8 Å². The minimum atomic E-state index is 0.245. The summed E-state index contributed by atoms with van der Waals surface area (Å²) in [5.74, 6) is 0.553. The quantitative estimate of drug-likeness (QED) is 0.789. The second-order valence-corrected chi connectivity index (χ2v) is 5.12. The van der Waals surface area contributed by atoms with Crippen LogP contribution in [0.1, 0.15) is 31.2 Å². The molecule has 1 aliphatic rings. The summed E-state index contributed by atoms with van der Waals surface area (Å²) in [5.41, 5.74) is 0.853. The van der Waals surface area contributed by atoms with Crippen LogP contribution in [0.2, 0.25) is 10.0 Å². The van der Waals surface area contributed by atoms with Gasteiger partial charge in [0, 0.05) is 12.3 Å². The van der Waals surface area contributed by atoms with Gasteiger partial charge in [0.15, 0.2) is 0 Å². The smallest absolute Gasteiger partial charge is 0.140 e. The Balaban J connectivity index is 2.08. The molecular weight excluding hydrogens is 243 g/mol. The van der Waals surface area contributed by atoms with Gasteiger partial charge in [-0.2, -0.15) is 0 Å². The fourth-order valence-corrected chi connectivity index (χ4v) is 2.65. The van der Waals surface area contributed by atoms with Crippen molar-refractivity contribution >= 4 is 29.0 Å². The Morgan fingerprint density at radius 3 is 2.62 bits per heavy atom. The van der Waals surface area contributed by atoms with E-state index in [1.807, 2.05) is 12.1 Å². The van der Waals surface area contributed by atoms with Crippen molar-refractivity contribution in [2.75, 3.05) is 0 Å². The monoisotopic (exact) mass is 256 g/mol. The Morgan fingerprint density at radius 1 is 1.25 bits per heavy atom. The van der Waals surface area contributed by atoms with Gasteiger partial charge in [-0.25, -0.2) is 0 Å². The molecule has 1 aromatic rings. The third kappa shape index (κ3) is 2.58. The molecule has 1 aromatic carbocycles. The highest BCUT2D eigenvalue weighted by Crippen LogP contribution is 2.30. The second kappa shape index (κ2) is 5.20. The van der Waals surface area contributed by atoms with E-state index in [-0.39, 0.29) is 5.92 Å². The van der Waals surface area contributed by atoms with Crippen LogP contribution < -0.4 is 0 Å². The molecule has 1 nitrogen and oxygen atoms in total. The third-order valence-electron chi connectivity index (χ3n) is 3.21. The van der Waals surface area contributed by atoms with Gasteiger partial charge < -0.3 is 0 Å².